The van der Waals surface area contributed by atoms with Gasteiger partial charge in [0.25, 0.3) is 0 Å². The number of rotatable bonds is 14. The number of aromatic nitrogens is 3. The first-order valence-electron chi connectivity index (χ1n) is 13.5. The highest BCUT2D eigenvalue weighted by Crippen LogP contribution is 2.30. The summed E-state index contributed by atoms with van der Waals surface area (Å²) < 4.78 is 0. The zero-order chi connectivity index (χ0) is 27.3. The normalized spacial score (nSPS) is 10.8. The second kappa shape index (κ2) is 15.0. The van der Waals surface area contributed by atoms with Gasteiger partial charge in [-0.25, -0.2) is 9.97 Å². The number of nitrogens with zero attached hydrogens (tertiary/aromatic N) is 3. The van der Waals surface area contributed by atoms with Crippen molar-refractivity contribution in [2.45, 2.75) is 51.4 Å². The van der Waals surface area contributed by atoms with E-state index in [-0.39, 0.29) is 5.91 Å². The van der Waals surface area contributed by atoms with E-state index in [1.807, 2.05) is 36.4 Å². The van der Waals surface area contributed by atoms with Crippen molar-refractivity contribution in [3.8, 4) is 22.4 Å². The molecule has 0 aliphatic rings. The van der Waals surface area contributed by atoms with Crippen molar-refractivity contribution in [2.24, 2.45) is 5.73 Å². The standard InChI is InChI=1S/C31H35ClN6O/c32-28-22-35-31(38-30(28)25-15-11-14-24(18-25)23-12-7-6-8-13-23)37-27-19-26(20-34-21-27)36-29(39)16-9-4-2-1-3-5-10-17-33/h6-8,11-15,18-22H,1-5,9-10,16-17,33H2,(H,36,39)(H,35,37,38). The van der Waals surface area contributed by atoms with Crippen molar-refractivity contribution in [2.75, 3.05) is 17.2 Å². The van der Waals surface area contributed by atoms with Crippen molar-refractivity contribution in [1.29, 1.82) is 0 Å². The number of hydrogen-bond donors (Lipinski definition) is 3. The molecule has 202 valence electrons. The van der Waals surface area contributed by atoms with Crippen LogP contribution in [-0.2, 0) is 4.79 Å². The fourth-order valence-electron chi connectivity index (χ4n) is 4.35. The fourth-order valence-corrected chi connectivity index (χ4v) is 4.55. The smallest absolute Gasteiger partial charge is 0.227 e. The third kappa shape index (κ3) is 8.87. The molecule has 7 nitrogen and oxygen atoms in total. The average molecular weight is 543 g/mol. The van der Waals surface area contributed by atoms with E-state index in [1.165, 1.54) is 19.3 Å². The zero-order valence-corrected chi connectivity index (χ0v) is 22.8. The maximum Gasteiger partial charge on any atom is 0.227 e. The Balaban J connectivity index is 1.35. The molecule has 0 fully saturated rings. The lowest BCUT2D eigenvalue weighted by Gasteiger charge is -2.11. The molecule has 0 saturated carbocycles. The highest BCUT2D eigenvalue weighted by atomic mass is 35.5. The first kappa shape index (κ1) is 28.2. The Morgan fingerprint density at radius 3 is 2.26 bits per heavy atom. The van der Waals surface area contributed by atoms with Crippen molar-refractivity contribution in [3.63, 3.8) is 0 Å². The van der Waals surface area contributed by atoms with E-state index < -0.39 is 0 Å². The molecule has 4 aromatic rings. The predicted molar refractivity (Wildman–Crippen MR) is 160 cm³/mol. The summed E-state index contributed by atoms with van der Waals surface area (Å²) in [7, 11) is 0. The minimum Gasteiger partial charge on any atom is -0.330 e. The number of benzene rings is 2. The third-order valence-corrected chi connectivity index (χ3v) is 6.65. The molecular formula is C31H35ClN6O. The predicted octanol–water partition coefficient (Wildman–Crippen LogP) is 7.62. The number of unbranched alkanes of at least 4 members (excludes halogenated alkanes) is 6. The van der Waals surface area contributed by atoms with Crippen LogP contribution in [0.5, 0.6) is 0 Å². The minimum atomic E-state index is -0.0135. The van der Waals surface area contributed by atoms with Gasteiger partial charge in [-0.05, 0) is 42.6 Å². The van der Waals surface area contributed by atoms with Gasteiger partial charge in [0.15, 0.2) is 0 Å². The fraction of sp³-hybridized carbons (Fsp3) is 0.290. The molecule has 4 N–H and O–H groups in total. The van der Waals surface area contributed by atoms with Gasteiger partial charge in [0.2, 0.25) is 11.9 Å². The molecule has 39 heavy (non-hydrogen) atoms. The number of carbonyl (C=O) groups is 1. The molecular weight excluding hydrogens is 508 g/mol. The topological polar surface area (TPSA) is 106 Å². The Labute approximate surface area is 235 Å². The second-order valence-electron chi connectivity index (χ2n) is 9.49. The average Bonchev–Trinajstić information content (AvgIpc) is 2.96. The lowest BCUT2D eigenvalue weighted by Crippen LogP contribution is -2.11. The van der Waals surface area contributed by atoms with Gasteiger partial charge in [-0.2, -0.15) is 0 Å². The van der Waals surface area contributed by atoms with E-state index in [0.29, 0.717) is 34.5 Å². The van der Waals surface area contributed by atoms with E-state index in [1.54, 1.807) is 18.6 Å². The van der Waals surface area contributed by atoms with Gasteiger partial charge in [-0.15, -0.1) is 0 Å². The van der Waals surface area contributed by atoms with Crippen LogP contribution < -0.4 is 16.4 Å². The van der Waals surface area contributed by atoms with E-state index >= 15 is 0 Å². The first-order valence-corrected chi connectivity index (χ1v) is 13.9. The third-order valence-electron chi connectivity index (χ3n) is 6.37. The number of halogens is 1. The molecule has 8 heteroatoms. The number of nitrogens with two attached hydrogens (primary N) is 1. The molecule has 2 aromatic carbocycles. The summed E-state index contributed by atoms with van der Waals surface area (Å²) in [5.41, 5.74) is 10.5. The highest BCUT2D eigenvalue weighted by Gasteiger charge is 2.11. The lowest BCUT2D eigenvalue weighted by molar-refractivity contribution is -0.116. The van der Waals surface area contributed by atoms with Crippen LogP contribution in [-0.4, -0.2) is 27.4 Å². The van der Waals surface area contributed by atoms with Gasteiger partial charge in [0.1, 0.15) is 0 Å². The second-order valence-corrected chi connectivity index (χ2v) is 9.89. The van der Waals surface area contributed by atoms with Crippen LogP contribution in [0.15, 0.2) is 79.3 Å². The number of amides is 1. The molecule has 0 aliphatic heterocycles. The monoisotopic (exact) mass is 542 g/mol. The summed E-state index contributed by atoms with van der Waals surface area (Å²) in [6.07, 6.45) is 13.2. The van der Waals surface area contributed by atoms with Crippen molar-refractivity contribution < 1.29 is 4.79 Å². The highest BCUT2D eigenvalue weighted by molar-refractivity contribution is 6.32. The molecule has 2 heterocycles. The largest absolute Gasteiger partial charge is 0.330 e. The van der Waals surface area contributed by atoms with Crippen LogP contribution in [0.25, 0.3) is 22.4 Å². The van der Waals surface area contributed by atoms with Gasteiger partial charge < -0.3 is 16.4 Å². The number of nitrogens with one attached hydrogen (secondary N) is 2. The molecule has 0 saturated heterocycles. The Kier molecular flexibility index (Phi) is 10.8. The van der Waals surface area contributed by atoms with Gasteiger partial charge in [0.05, 0.1) is 40.7 Å². The summed E-state index contributed by atoms with van der Waals surface area (Å²) >= 11 is 6.49. The molecule has 0 bridgehead atoms. The van der Waals surface area contributed by atoms with Gasteiger partial charge in [0, 0.05) is 12.0 Å². The van der Waals surface area contributed by atoms with Gasteiger partial charge in [-0.1, -0.05) is 92.2 Å². The molecule has 0 aliphatic carbocycles. The molecule has 0 radical (unpaired) electrons. The zero-order valence-electron chi connectivity index (χ0n) is 22.1. The molecule has 4 rings (SSSR count). The molecule has 0 atom stereocenters. The number of hydrogen-bond acceptors (Lipinski definition) is 6. The maximum absolute atomic E-state index is 12.4. The van der Waals surface area contributed by atoms with E-state index in [0.717, 1.165) is 48.9 Å². The van der Waals surface area contributed by atoms with Crippen LogP contribution in [0.3, 0.4) is 0 Å². The first-order chi connectivity index (χ1) is 19.1. The van der Waals surface area contributed by atoms with Crippen molar-refractivity contribution in [3.05, 3.63) is 84.3 Å². The SMILES string of the molecule is NCCCCCCCCCC(=O)Nc1cncc(Nc2ncc(Cl)c(-c3cccc(-c4ccccc4)c3)n2)c1. The van der Waals surface area contributed by atoms with Gasteiger partial charge >= 0.3 is 0 Å². The van der Waals surface area contributed by atoms with Gasteiger partial charge in [-0.3, -0.25) is 9.78 Å². The van der Waals surface area contributed by atoms with Crippen LogP contribution in [0.4, 0.5) is 17.3 Å². The summed E-state index contributed by atoms with van der Waals surface area (Å²) in [5.74, 6) is 0.372. The quantitative estimate of drug-likeness (QED) is 0.141. The minimum absolute atomic E-state index is 0.0135. The van der Waals surface area contributed by atoms with E-state index in [9.17, 15) is 4.79 Å². The molecule has 0 spiro atoms. The maximum atomic E-state index is 12.4. The van der Waals surface area contributed by atoms with Crippen molar-refractivity contribution >= 4 is 34.8 Å². The number of anilines is 3. The van der Waals surface area contributed by atoms with E-state index in [2.05, 4.69) is 49.9 Å². The summed E-state index contributed by atoms with van der Waals surface area (Å²) in [4.78, 5) is 25.7. The Hall–Kier alpha value is -3.81. The van der Waals surface area contributed by atoms with E-state index in [4.69, 9.17) is 17.3 Å². The molecule has 1 amide bonds. The van der Waals surface area contributed by atoms with Crippen LogP contribution in [0, 0.1) is 0 Å². The Morgan fingerprint density at radius 1 is 0.769 bits per heavy atom. The van der Waals surface area contributed by atoms with Crippen LogP contribution in [0.1, 0.15) is 51.4 Å². The number of carbonyl (C=O) groups excluding carboxylic acids is 1. The summed E-state index contributed by atoms with van der Waals surface area (Å²) in [6, 6.07) is 20.1. The Bertz CT molecular complexity index is 1350. The van der Waals surface area contributed by atoms with Crippen LogP contribution >= 0.6 is 11.6 Å². The summed E-state index contributed by atoms with van der Waals surface area (Å²) in [5, 5.41) is 6.58. The van der Waals surface area contributed by atoms with Crippen molar-refractivity contribution in [1.82, 2.24) is 15.0 Å². The Morgan fingerprint density at radius 2 is 1.46 bits per heavy atom. The molecule has 2 aromatic heterocycles. The lowest BCUT2D eigenvalue weighted by atomic mass is 10.0. The van der Waals surface area contributed by atoms with Crippen LogP contribution in [0.2, 0.25) is 5.02 Å². The summed E-state index contributed by atoms with van der Waals surface area (Å²) in [6.45, 7) is 0.767. The number of pyridine rings is 1. The molecule has 0 unspecified atom stereocenters.